The van der Waals surface area contributed by atoms with Crippen LogP contribution in [0.25, 0.3) is 0 Å². The van der Waals surface area contributed by atoms with Crippen LogP contribution in [0.3, 0.4) is 0 Å². The van der Waals surface area contributed by atoms with Crippen molar-refractivity contribution in [2.75, 3.05) is 5.75 Å². The Kier molecular flexibility index (Phi) is 3.40. The molecule has 7 heteroatoms. The van der Waals surface area contributed by atoms with Crippen LogP contribution in [0, 0.1) is 0 Å². The Morgan fingerprint density at radius 1 is 1.38 bits per heavy atom. The van der Waals surface area contributed by atoms with Crippen molar-refractivity contribution >= 4 is 34.5 Å². The van der Waals surface area contributed by atoms with Crippen molar-refractivity contribution in [2.24, 2.45) is 0 Å². The highest BCUT2D eigenvalue weighted by atomic mass is 35.5. The van der Waals surface area contributed by atoms with Gasteiger partial charge in [-0.25, -0.2) is 0 Å². The first-order chi connectivity index (χ1) is 7.66. The quantitative estimate of drug-likeness (QED) is 0.807. The standard InChI is InChI=1S/C9H8ClN3O2S/c10-7-2-1-6(11-12-7)5-13-8(14)3-4-16-9(13)15/h1-2H,3-5H2. The number of hydrogen-bond donors (Lipinski definition) is 0. The largest absolute Gasteiger partial charge is 0.288 e. The van der Waals surface area contributed by atoms with Crippen molar-refractivity contribution in [3.8, 4) is 0 Å². The van der Waals surface area contributed by atoms with Crippen LogP contribution < -0.4 is 0 Å². The van der Waals surface area contributed by atoms with E-state index in [1.165, 1.54) is 4.90 Å². The van der Waals surface area contributed by atoms with E-state index < -0.39 is 0 Å². The van der Waals surface area contributed by atoms with Crippen molar-refractivity contribution in [2.45, 2.75) is 13.0 Å². The normalized spacial score (nSPS) is 16.7. The molecule has 0 aromatic carbocycles. The molecule has 5 nitrogen and oxygen atoms in total. The lowest BCUT2D eigenvalue weighted by atomic mass is 10.3. The van der Waals surface area contributed by atoms with Crippen molar-refractivity contribution in [3.63, 3.8) is 0 Å². The summed E-state index contributed by atoms with van der Waals surface area (Å²) in [7, 11) is 0. The van der Waals surface area contributed by atoms with E-state index in [4.69, 9.17) is 11.6 Å². The van der Waals surface area contributed by atoms with Crippen LogP contribution >= 0.6 is 23.4 Å². The van der Waals surface area contributed by atoms with Crippen molar-refractivity contribution in [3.05, 3.63) is 23.0 Å². The second-order valence-corrected chi connectivity index (χ2v) is 4.63. The van der Waals surface area contributed by atoms with Gasteiger partial charge in [-0.05, 0) is 12.1 Å². The molecular formula is C9H8ClN3O2S. The average Bonchev–Trinajstić information content (AvgIpc) is 2.26. The molecule has 0 bridgehead atoms. The number of nitrogens with zero attached hydrogens (tertiary/aromatic N) is 3. The number of hydrogen-bond acceptors (Lipinski definition) is 5. The van der Waals surface area contributed by atoms with Crippen LogP contribution in [0.2, 0.25) is 5.15 Å². The van der Waals surface area contributed by atoms with Crippen LogP contribution in [-0.4, -0.2) is 32.0 Å². The molecule has 1 aliphatic rings. The molecule has 1 saturated heterocycles. The number of amides is 2. The van der Waals surface area contributed by atoms with E-state index >= 15 is 0 Å². The summed E-state index contributed by atoms with van der Waals surface area (Å²) in [4.78, 5) is 24.1. The fourth-order valence-electron chi connectivity index (χ4n) is 1.28. The summed E-state index contributed by atoms with van der Waals surface area (Å²) in [6.07, 6.45) is 0.386. The van der Waals surface area contributed by atoms with Crippen LogP contribution in [0.15, 0.2) is 12.1 Å². The molecule has 2 amide bonds. The third kappa shape index (κ3) is 2.51. The summed E-state index contributed by atoms with van der Waals surface area (Å²) in [5, 5.41) is 7.52. The van der Waals surface area contributed by atoms with Crippen LogP contribution in [0.1, 0.15) is 12.1 Å². The number of carbonyl (C=O) groups is 2. The Morgan fingerprint density at radius 2 is 2.19 bits per heavy atom. The van der Waals surface area contributed by atoms with Crippen LogP contribution in [0.4, 0.5) is 4.79 Å². The molecule has 0 aliphatic carbocycles. The van der Waals surface area contributed by atoms with Gasteiger partial charge in [0.15, 0.2) is 5.15 Å². The molecule has 0 spiro atoms. The second kappa shape index (κ2) is 4.80. The van der Waals surface area contributed by atoms with Gasteiger partial charge in [-0.1, -0.05) is 23.4 Å². The van der Waals surface area contributed by atoms with E-state index in [1.54, 1.807) is 12.1 Å². The summed E-state index contributed by atoms with van der Waals surface area (Å²) in [5.41, 5.74) is 0.550. The third-order valence-electron chi connectivity index (χ3n) is 2.07. The number of carbonyl (C=O) groups excluding carboxylic acids is 2. The Morgan fingerprint density at radius 3 is 2.81 bits per heavy atom. The molecule has 1 fully saturated rings. The van der Waals surface area contributed by atoms with Crippen molar-refractivity contribution in [1.29, 1.82) is 0 Å². The molecule has 0 radical (unpaired) electrons. The molecule has 1 aromatic heterocycles. The first-order valence-corrected chi connectivity index (χ1v) is 5.98. The maximum atomic E-state index is 11.5. The monoisotopic (exact) mass is 257 g/mol. The van der Waals surface area contributed by atoms with Gasteiger partial charge in [0.2, 0.25) is 5.91 Å². The molecule has 2 heterocycles. The Balaban J connectivity index is 2.10. The molecule has 0 atom stereocenters. The molecule has 84 valence electrons. The predicted molar refractivity (Wildman–Crippen MR) is 60.1 cm³/mol. The van der Waals surface area contributed by atoms with Crippen LogP contribution in [0.5, 0.6) is 0 Å². The average molecular weight is 258 g/mol. The number of imide groups is 1. The SMILES string of the molecule is O=C1CCSC(=O)N1Cc1ccc(Cl)nn1. The van der Waals surface area contributed by atoms with E-state index in [-0.39, 0.29) is 22.8 Å². The predicted octanol–water partition coefficient (Wildman–Crippen LogP) is 1.72. The van der Waals surface area contributed by atoms with Crippen LogP contribution in [-0.2, 0) is 11.3 Å². The molecule has 2 rings (SSSR count). The first kappa shape index (κ1) is 11.3. The lowest BCUT2D eigenvalue weighted by molar-refractivity contribution is -0.128. The zero-order valence-corrected chi connectivity index (χ0v) is 9.79. The van der Waals surface area contributed by atoms with Crippen molar-refractivity contribution < 1.29 is 9.59 Å². The highest BCUT2D eigenvalue weighted by Gasteiger charge is 2.26. The zero-order chi connectivity index (χ0) is 11.5. The maximum absolute atomic E-state index is 11.5. The Bertz CT molecular complexity index is 407. The molecule has 0 N–H and O–H groups in total. The Hall–Kier alpha value is -1.14. The minimum Gasteiger partial charge on any atom is -0.274 e. The van der Waals surface area contributed by atoms with Gasteiger partial charge >= 0.3 is 0 Å². The highest BCUT2D eigenvalue weighted by Crippen LogP contribution is 2.20. The fourth-order valence-corrected chi connectivity index (χ4v) is 2.16. The minimum absolute atomic E-state index is 0.162. The topological polar surface area (TPSA) is 63.2 Å². The molecular weight excluding hydrogens is 250 g/mol. The van der Waals surface area contributed by atoms with Gasteiger partial charge in [0.05, 0.1) is 12.2 Å². The molecule has 1 aromatic rings. The summed E-state index contributed by atoms with van der Waals surface area (Å²) in [5.74, 6) is 0.390. The second-order valence-electron chi connectivity index (χ2n) is 3.19. The van der Waals surface area contributed by atoms with E-state index in [0.717, 1.165) is 11.8 Å². The number of aromatic nitrogens is 2. The van der Waals surface area contributed by atoms with Gasteiger partial charge in [0.25, 0.3) is 5.24 Å². The summed E-state index contributed by atoms with van der Waals surface area (Å²) >= 11 is 6.73. The van der Waals surface area contributed by atoms with Gasteiger partial charge in [-0.15, -0.1) is 5.10 Å². The number of rotatable bonds is 2. The van der Waals surface area contributed by atoms with E-state index in [2.05, 4.69) is 10.2 Å². The van der Waals surface area contributed by atoms with Gasteiger partial charge < -0.3 is 0 Å². The minimum atomic E-state index is -0.229. The summed E-state index contributed by atoms with van der Waals surface area (Å²) in [6.45, 7) is 0.162. The fraction of sp³-hybridized carbons (Fsp3) is 0.333. The summed E-state index contributed by atoms with van der Waals surface area (Å²) in [6, 6.07) is 3.23. The van der Waals surface area contributed by atoms with E-state index in [9.17, 15) is 9.59 Å². The molecule has 16 heavy (non-hydrogen) atoms. The smallest absolute Gasteiger partial charge is 0.274 e. The Labute approximate surface area is 101 Å². The van der Waals surface area contributed by atoms with Gasteiger partial charge in [0, 0.05) is 12.2 Å². The van der Waals surface area contributed by atoms with E-state index in [1.807, 2.05) is 0 Å². The van der Waals surface area contributed by atoms with Gasteiger partial charge in [0.1, 0.15) is 0 Å². The van der Waals surface area contributed by atoms with Gasteiger partial charge in [-0.3, -0.25) is 14.5 Å². The summed E-state index contributed by atoms with van der Waals surface area (Å²) < 4.78 is 0. The first-order valence-electron chi connectivity index (χ1n) is 4.62. The molecule has 0 unspecified atom stereocenters. The zero-order valence-electron chi connectivity index (χ0n) is 8.22. The lowest BCUT2D eigenvalue weighted by Crippen LogP contribution is -2.37. The van der Waals surface area contributed by atoms with Gasteiger partial charge in [-0.2, -0.15) is 5.10 Å². The molecule has 1 aliphatic heterocycles. The highest BCUT2D eigenvalue weighted by molar-refractivity contribution is 8.13. The number of thioether (sulfide) groups is 1. The molecule has 0 saturated carbocycles. The maximum Gasteiger partial charge on any atom is 0.288 e. The lowest BCUT2D eigenvalue weighted by Gasteiger charge is -2.23. The third-order valence-corrected chi connectivity index (χ3v) is 3.15. The van der Waals surface area contributed by atoms with E-state index in [0.29, 0.717) is 17.9 Å². The van der Waals surface area contributed by atoms with Crippen molar-refractivity contribution in [1.82, 2.24) is 15.1 Å². The number of halogens is 1.